The van der Waals surface area contributed by atoms with Crippen LogP contribution in [0.4, 0.5) is 0 Å². The topological polar surface area (TPSA) is 49.4 Å². The Hall–Kier alpha value is -2.82. The SMILES string of the molecule is CCCCNC(=O)[C@@H](Cc1ccccc1)N(Cc1ccc(Cl)cc1)C(=O)Cc1ccc(Cl)cc1. The van der Waals surface area contributed by atoms with E-state index in [1.165, 1.54) is 0 Å². The molecule has 0 bridgehead atoms. The summed E-state index contributed by atoms with van der Waals surface area (Å²) >= 11 is 12.1. The maximum Gasteiger partial charge on any atom is 0.243 e. The molecule has 34 heavy (non-hydrogen) atoms. The lowest BCUT2D eigenvalue weighted by molar-refractivity contribution is -0.140. The summed E-state index contributed by atoms with van der Waals surface area (Å²) in [5.41, 5.74) is 2.76. The molecule has 2 amide bonds. The van der Waals surface area contributed by atoms with Gasteiger partial charge in [-0.15, -0.1) is 0 Å². The molecule has 0 spiro atoms. The molecule has 6 heteroatoms. The van der Waals surface area contributed by atoms with Gasteiger partial charge in [-0.1, -0.05) is 91.1 Å². The minimum absolute atomic E-state index is 0.121. The zero-order valence-electron chi connectivity index (χ0n) is 19.3. The van der Waals surface area contributed by atoms with Crippen LogP contribution < -0.4 is 5.32 Å². The van der Waals surface area contributed by atoms with Gasteiger partial charge in [0.1, 0.15) is 6.04 Å². The molecule has 0 unspecified atom stereocenters. The maximum atomic E-state index is 13.6. The van der Waals surface area contributed by atoms with Crippen molar-refractivity contribution < 1.29 is 9.59 Å². The van der Waals surface area contributed by atoms with Crippen molar-refractivity contribution in [3.8, 4) is 0 Å². The van der Waals surface area contributed by atoms with Crippen molar-refractivity contribution in [2.24, 2.45) is 0 Å². The first-order valence-corrected chi connectivity index (χ1v) is 12.3. The molecule has 3 aromatic carbocycles. The molecule has 178 valence electrons. The van der Waals surface area contributed by atoms with Gasteiger partial charge in [0, 0.05) is 29.6 Å². The van der Waals surface area contributed by atoms with Gasteiger partial charge in [-0.2, -0.15) is 0 Å². The van der Waals surface area contributed by atoms with E-state index in [9.17, 15) is 9.59 Å². The standard InChI is InChI=1S/C28H30Cl2N2O2/c1-2-3-17-31-28(34)26(18-21-7-5-4-6-8-21)32(20-23-11-15-25(30)16-12-23)27(33)19-22-9-13-24(29)14-10-22/h4-16,26H,2-3,17-20H2,1H3,(H,31,34)/t26-/m1/s1. The predicted molar refractivity (Wildman–Crippen MR) is 139 cm³/mol. The Bertz CT molecular complexity index is 1050. The van der Waals surface area contributed by atoms with Crippen LogP contribution in [0.5, 0.6) is 0 Å². The Balaban J connectivity index is 1.92. The van der Waals surface area contributed by atoms with E-state index in [-0.39, 0.29) is 18.2 Å². The van der Waals surface area contributed by atoms with Gasteiger partial charge in [0.25, 0.3) is 0 Å². The summed E-state index contributed by atoms with van der Waals surface area (Å²) in [6.45, 7) is 2.97. The molecule has 0 heterocycles. The molecule has 0 aromatic heterocycles. The highest BCUT2D eigenvalue weighted by molar-refractivity contribution is 6.30. The van der Waals surface area contributed by atoms with Gasteiger partial charge >= 0.3 is 0 Å². The minimum Gasteiger partial charge on any atom is -0.354 e. The Morgan fingerprint density at radius 2 is 1.41 bits per heavy atom. The molecule has 0 saturated carbocycles. The number of carbonyl (C=O) groups is 2. The van der Waals surface area contributed by atoms with Crippen LogP contribution in [-0.4, -0.2) is 29.3 Å². The largest absolute Gasteiger partial charge is 0.354 e. The number of unbranched alkanes of at least 4 members (excludes halogenated alkanes) is 1. The van der Waals surface area contributed by atoms with Crippen molar-refractivity contribution in [1.82, 2.24) is 10.2 Å². The minimum atomic E-state index is -0.644. The maximum absolute atomic E-state index is 13.6. The Morgan fingerprint density at radius 1 is 0.824 bits per heavy atom. The van der Waals surface area contributed by atoms with Crippen LogP contribution in [0.15, 0.2) is 78.9 Å². The second kappa shape index (κ2) is 13.2. The first-order valence-electron chi connectivity index (χ1n) is 11.6. The number of benzene rings is 3. The Morgan fingerprint density at radius 3 is 2.00 bits per heavy atom. The number of amides is 2. The highest BCUT2D eigenvalue weighted by atomic mass is 35.5. The summed E-state index contributed by atoms with van der Waals surface area (Å²) in [5, 5.41) is 4.28. The van der Waals surface area contributed by atoms with E-state index in [0.29, 0.717) is 29.6 Å². The van der Waals surface area contributed by atoms with E-state index in [4.69, 9.17) is 23.2 Å². The number of hydrogen-bond acceptors (Lipinski definition) is 2. The van der Waals surface area contributed by atoms with Crippen LogP contribution in [-0.2, 0) is 29.0 Å². The zero-order chi connectivity index (χ0) is 24.3. The summed E-state index contributed by atoms with van der Waals surface area (Å²) in [6, 6.07) is 23.7. The van der Waals surface area contributed by atoms with Gasteiger partial charge in [-0.25, -0.2) is 0 Å². The van der Waals surface area contributed by atoms with E-state index in [2.05, 4.69) is 12.2 Å². The van der Waals surface area contributed by atoms with E-state index >= 15 is 0 Å². The fourth-order valence-corrected chi connectivity index (χ4v) is 3.98. The monoisotopic (exact) mass is 496 g/mol. The normalized spacial score (nSPS) is 11.6. The van der Waals surface area contributed by atoms with E-state index in [0.717, 1.165) is 29.5 Å². The quantitative estimate of drug-likeness (QED) is 0.326. The number of hydrogen-bond donors (Lipinski definition) is 1. The van der Waals surface area contributed by atoms with Crippen molar-refractivity contribution in [1.29, 1.82) is 0 Å². The summed E-state index contributed by atoms with van der Waals surface area (Å²) in [7, 11) is 0. The molecular formula is C28H30Cl2N2O2. The molecule has 1 N–H and O–H groups in total. The smallest absolute Gasteiger partial charge is 0.243 e. The molecular weight excluding hydrogens is 467 g/mol. The van der Waals surface area contributed by atoms with E-state index in [1.54, 1.807) is 29.2 Å². The number of nitrogens with one attached hydrogen (secondary N) is 1. The van der Waals surface area contributed by atoms with Gasteiger partial charge in [-0.05, 0) is 47.4 Å². The molecule has 0 fully saturated rings. The number of halogens is 2. The van der Waals surface area contributed by atoms with Crippen molar-refractivity contribution in [3.05, 3.63) is 106 Å². The molecule has 1 atom stereocenters. The highest BCUT2D eigenvalue weighted by Gasteiger charge is 2.30. The van der Waals surface area contributed by atoms with Crippen LogP contribution in [0.2, 0.25) is 10.0 Å². The average molecular weight is 497 g/mol. The van der Waals surface area contributed by atoms with E-state index < -0.39 is 6.04 Å². The molecule has 3 aromatic rings. The zero-order valence-corrected chi connectivity index (χ0v) is 20.9. The lowest BCUT2D eigenvalue weighted by atomic mass is 10.0. The first-order chi connectivity index (χ1) is 16.5. The summed E-state index contributed by atoms with van der Waals surface area (Å²) in [6.07, 6.45) is 2.48. The van der Waals surface area contributed by atoms with Crippen LogP contribution in [0.25, 0.3) is 0 Å². The van der Waals surface area contributed by atoms with Crippen LogP contribution in [0.1, 0.15) is 36.5 Å². The molecule has 4 nitrogen and oxygen atoms in total. The van der Waals surface area contributed by atoms with Gasteiger partial charge < -0.3 is 10.2 Å². The number of carbonyl (C=O) groups excluding carboxylic acids is 2. The number of nitrogens with zero attached hydrogens (tertiary/aromatic N) is 1. The molecule has 0 aliphatic rings. The van der Waals surface area contributed by atoms with Crippen molar-refractivity contribution in [2.75, 3.05) is 6.54 Å². The molecule has 3 rings (SSSR count). The third-order valence-electron chi connectivity index (χ3n) is 5.64. The predicted octanol–water partition coefficient (Wildman–Crippen LogP) is 6.09. The Kier molecular flexibility index (Phi) is 9.99. The van der Waals surface area contributed by atoms with Gasteiger partial charge in [0.05, 0.1) is 6.42 Å². The van der Waals surface area contributed by atoms with Gasteiger partial charge in [0.15, 0.2) is 0 Å². The third kappa shape index (κ3) is 7.89. The van der Waals surface area contributed by atoms with Crippen LogP contribution >= 0.6 is 23.2 Å². The number of rotatable bonds is 11. The van der Waals surface area contributed by atoms with Crippen molar-refractivity contribution in [2.45, 2.75) is 45.2 Å². The molecule has 0 aliphatic heterocycles. The lowest BCUT2D eigenvalue weighted by Crippen LogP contribution is -2.51. The van der Waals surface area contributed by atoms with E-state index in [1.807, 2.05) is 54.6 Å². The third-order valence-corrected chi connectivity index (χ3v) is 6.14. The van der Waals surface area contributed by atoms with Gasteiger partial charge in [-0.3, -0.25) is 9.59 Å². The van der Waals surface area contributed by atoms with Crippen molar-refractivity contribution >= 4 is 35.0 Å². The van der Waals surface area contributed by atoms with Gasteiger partial charge in [0.2, 0.25) is 11.8 Å². The average Bonchev–Trinajstić information content (AvgIpc) is 2.84. The Labute approximate surface area is 211 Å². The second-order valence-electron chi connectivity index (χ2n) is 8.30. The van der Waals surface area contributed by atoms with Crippen molar-refractivity contribution in [3.63, 3.8) is 0 Å². The highest BCUT2D eigenvalue weighted by Crippen LogP contribution is 2.19. The first kappa shape index (κ1) is 25.8. The lowest BCUT2D eigenvalue weighted by Gasteiger charge is -2.31. The summed E-state index contributed by atoms with van der Waals surface area (Å²) < 4.78 is 0. The summed E-state index contributed by atoms with van der Waals surface area (Å²) in [4.78, 5) is 28.7. The molecule has 0 saturated heterocycles. The van der Waals surface area contributed by atoms with Crippen LogP contribution in [0, 0.1) is 0 Å². The summed E-state index contributed by atoms with van der Waals surface area (Å²) in [5.74, 6) is -0.264. The molecule has 0 radical (unpaired) electrons. The van der Waals surface area contributed by atoms with Crippen LogP contribution in [0.3, 0.4) is 0 Å². The molecule has 0 aliphatic carbocycles. The fourth-order valence-electron chi connectivity index (χ4n) is 3.73. The second-order valence-corrected chi connectivity index (χ2v) is 9.17. The fraction of sp³-hybridized carbons (Fsp3) is 0.286.